The molecule has 0 aliphatic carbocycles. The first-order chi connectivity index (χ1) is 9.71. The van der Waals surface area contributed by atoms with Gasteiger partial charge in [-0.1, -0.05) is 24.3 Å². The predicted molar refractivity (Wildman–Crippen MR) is 77.1 cm³/mol. The Morgan fingerprint density at radius 1 is 1.35 bits per heavy atom. The number of aromatic nitrogens is 2. The van der Waals surface area contributed by atoms with Gasteiger partial charge in [-0.15, -0.1) is 0 Å². The molecule has 20 heavy (non-hydrogen) atoms. The molecular weight excluding hydrogens is 254 g/mol. The second kappa shape index (κ2) is 6.34. The molecule has 1 heterocycles. The topological polar surface area (TPSA) is 70.1 Å². The fraction of sp³-hybridized carbons (Fsp3) is 0.333. The maximum Gasteiger partial charge on any atom is 0.214 e. The van der Waals surface area contributed by atoms with Crippen molar-refractivity contribution < 1.29 is 9.53 Å². The molecule has 0 unspecified atom stereocenters. The molecular formula is C15H19N3O2. The Balaban J connectivity index is 2.33. The maximum atomic E-state index is 12.6. The molecule has 5 heteroatoms. The highest BCUT2D eigenvalue weighted by atomic mass is 16.5. The van der Waals surface area contributed by atoms with Crippen LogP contribution in [0.15, 0.2) is 30.5 Å². The number of aryl methyl sites for hydroxylation is 1. The molecule has 0 saturated heterocycles. The zero-order valence-corrected chi connectivity index (χ0v) is 11.8. The van der Waals surface area contributed by atoms with E-state index >= 15 is 0 Å². The van der Waals surface area contributed by atoms with Gasteiger partial charge in [-0.25, -0.2) is 0 Å². The summed E-state index contributed by atoms with van der Waals surface area (Å²) in [7, 11) is 1.54. The molecule has 2 rings (SSSR count). The lowest BCUT2D eigenvalue weighted by molar-refractivity contribution is 0.102. The number of hydrogen-bond donors (Lipinski definition) is 1. The smallest absolute Gasteiger partial charge is 0.214 e. The van der Waals surface area contributed by atoms with Crippen molar-refractivity contribution in [1.82, 2.24) is 9.78 Å². The van der Waals surface area contributed by atoms with E-state index in [1.807, 2.05) is 31.2 Å². The van der Waals surface area contributed by atoms with Crippen LogP contribution < -0.4 is 10.5 Å². The SMILES string of the molecule is CCn1ncc(OC)c1C(=O)c1ccc(CCN)cc1. The van der Waals surface area contributed by atoms with Crippen molar-refractivity contribution in [1.29, 1.82) is 0 Å². The molecule has 2 N–H and O–H groups in total. The van der Waals surface area contributed by atoms with Gasteiger partial charge in [-0.3, -0.25) is 9.48 Å². The number of ether oxygens (including phenoxy) is 1. The number of methoxy groups -OCH3 is 1. The van der Waals surface area contributed by atoms with Gasteiger partial charge in [0, 0.05) is 12.1 Å². The predicted octanol–water partition coefficient (Wildman–Crippen LogP) is 1.64. The van der Waals surface area contributed by atoms with E-state index in [-0.39, 0.29) is 5.78 Å². The number of hydrogen-bond acceptors (Lipinski definition) is 4. The molecule has 0 aliphatic rings. The van der Waals surface area contributed by atoms with Crippen LogP contribution >= 0.6 is 0 Å². The van der Waals surface area contributed by atoms with Crippen LogP contribution in [0, 0.1) is 0 Å². The van der Waals surface area contributed by atoms with E-state index < -0.39 is 0 Å². The van der Waals surface area contributed by atoms with E-state index in [0.717, 1.165) is 12.0 Å². The zero-order chi connectivity index (χ0) is 14.5. The summed E-state index contributed by atoms with van der Waals surface area (Å²) in [6.45, 7) is 3.16. The van der Waals surface area contributed by atoms with E-state index in [0.29, 0.717) is 30.1 Å². The van der Waals surface area contributed by atoms with Gasteiger partial charge < -0.3 is 10.5 Å². The lowest BCUT2D eigenvalue weighted by Crippen LogP contribution is -2.12. The summed E-state index contributed by atoms with van der Waals surface area (Å²) >= 11 is 0. The molecule has 0 amide bonds. The molecule has 5 nitrogen and oxygen atoms in total. The first kappa shape index (κ1) is 14.3. The van der Waals surface area contributed by atoms with Crippen LogP contribution in [0.5, 0.6) is 5.75 Å². The van der Waals surface area contributed by atoms with Gasteiger partial charge in [0.1, 0.15) is 0 Å². The Hall–Kier alpha value is -2.14. The second-order valence-corrected chi connectivity index (χ2v) is 4.44. The number of benzene rings is 1. The van der Waals surface area contributed by atoms with Crippen LogP contribution in [0.3, 0.4) is 0 Å². The third-order valence-electron chi connectivity index (χ3n) is 3.19. The Morgan fingerprint density at radius 2 is 2.05 bits per heavy atom. The minimum Gasteiger partial charge on any atom is -0.493 e. The summed E-state index contributed by atoms with van der Waals surface area (Å²) in [5.41, 5.74) is 7.75. The average molecular weight is 273 g/mol. The highest BCUT2D eigenvalue weighted by Gasteiger charge is 2.20. The maximum absolute atomic E-state index is 12.6. The van der Waals surface area contributed by atoms with Crippen LogP contribution in [0.25, 0.3) is 0 Å². The van der Waals surface area contributed by atoms with Gasteiger partial charge in [0.15, 0.2) is 11.4 Å². The van der Waals surface area contributed by atoms with Gasteiger partial charge in [0.2, 0.25) is 5.78 Å². The summed E-state index contributed by atoms with van der Waals surface area (Å²) < 4.78 is 6.86. The second-order valence-electron chi connectivity index (χ2n) is 4.44. The van der Waals surface area contributed by atoms with Crippen molar-refractivity contribution in [3.05, 3.63) is 47.3 Å². The fourth-order valence-corrected chi connectivity index (χ4v) is 2.11. The normalized spacial score (nSPS) is 10.6. The van der Waals surface area contributed by atoms with Crippen molar-refractivity contribution in [3.8, 4) is 5.75 Å². The third kappa shape index (κ3) is 2.72. The van der Waals surface area contributed by atoms with Crippen LogP contribution in [0.2, 0.25) is 0 Å². The number of nitrogens with zero attached hydrogens (tertiary/aromatic N) is 2. The van der Waals surface area contributed by atoms with Crippen LogP contribution in [0.1, 0.15) is 28.5 Å². The van der Waals surface area contributed by atoms with Crippen molar-refractivity contribution >= 4 is 5.78 Å². The minimum atomic E-state index is -0.0829. The number of carbonyl (C=O) groups is 1. The molecule has 0 fully saturated rings. The zero-order valence-electron chi connectivity index (χ0n) is 11.8. The van der Waals surface area contributed by atoms with E-state index in [9.17, 15) is 4.79 Å². The molecule has 1 aromatic heterocycles. The van der Waals surface area contributed by atoms with Crippen LogP contribution in [-0.2, 0) is 13.0 Å². The summed E-state index contributed by atoms with van der Waals surface area (Å²) in [5.74, 6) is 0.420. The van der Waals surface area contributed by atoms with E-state index in [1.54, 1.807) is 10.9 Å². The quantitative estimate of drug-likeness (QED) is 0.812. The van der Waals surface area contributed by atoms with E-state index in [2.05, 4.69) is 5.10 Å². The van der Waals surface area contributed by atoms with Gasteiger partial charge in [0.05, 0.1) is 13.3 Å². The van der Waals surface area contributed by atoms with E-state index in [4.69, 9.17) is 10.5 Å². The lowest BCUT2D eigenvalue weighted by Gasteiger charge is -2.07. The van der Waals surface area contributed by atoms with Gasteiger partial charge in [-0.2, -0.15) is 5.10 Å². The Bertz CT molecular complexity index is 566. The highest BCUT2D eigenvalue weighted by Crippen LogP contribution is 2.21. The summed E-state index contributed by atoms with van der Waals surface area (Å²) in [4.78, 5) is 12.6. The number of carbonyl (C=O) groups excluding carboxylic acids is 1. The Morgan fingerprint density at radius 3 is 2.60 bits per heavy atom. The number of rotatable bonds is 6. The molecule has 0 aliphatic heterocycles. The molecule has 0 bridgehead atoms. The largest absolute Gasteiger partial charge is 0.493 e. The van der Waals surface area contributed by atoms with Crippen molar-refractivity contribution in [3.63, 3.8) is 0 Å². The Labute approximate surface area is 118 Å². The van der Waals surface area contributed by atoms with Crippen molar-refractivity contribution in [2.75, 3.05) is 13.7 Å². The standard InChI is InChI=1S/C15H19N3O2/c1-3-18-14(13(20-2)10-17-18)15(19)12-6-4-11(5-7-12)8-9-16/h4-7,10H,3,8-9,16H2,1-2H3. The fourth-order valence-electron chi connectivity index (χ4n) is 2.11. The van der Waals surface area contributed by atoms with Crippen LogP contribution in [0.4, 0.5) is 0 Å². The van der Waals surface area contributed by atoms with Crippen molar-refractivity contribution in [2.45, 2.75) is 19.9 Å². The number of nitrogens with two attached hydrogens (primary N) is 1. The molecule has 0 atom stereocenters. The molecule has 106 valence electrons. The third-order valence-corrected chi connectivity index (χ3v) is 3.19. The van der Waals surface area contributed by atoms with Crippen molar-refractivity contribution in [2.24, 2.45) is 5.73 Å². The molecule has 2 aromatic rings. The monoisotopic (exact) mass is 273 g/mol. The molecule has 1 aromatic carbocycles. The van der Waals surface area contributed by atoms with Crippen LogP contribution in [-0.4, -0.2) is 29.2 Å². The molecule has 0 saturated carbocycles. The first-order valence-electron chi connectivity index (χ1n) is 6.64. The summed E-state index contributed by atoms with van der Waals surface area (Å²) in [6.07, 6.45) is 2.38. The molecule has 0 radical (unpaired) electrons. The van der Waals surface area contributed by atoms with Gasteiger partial charge in [0.25, 0.3) is 0 Å². The first-order valence-corrected chi connectivity index (χ1v) is 6.64. The van der Waals surface area contributed by atoms with Gasteiger partial charge in [-0.05, 0) is 25.5 Å². The summed E-state index contributed by atoms with van der Waals surface area (Å²) in [5, 5.41) is 4.15. The number of ketones is 1. The van der Waals surface area contributed by atoms with E-state index in [1.165, 1.54) is 7.11 Å². The average Bonchev–Trinajstić information content (AvgIpc) is 2.90. The van der Waals surface area contributed by atoms with Gasteiger partial charge >= 0.3 is 0 Å². The Kier molecular flexibility index (Phi) is 4.53. The molecule has 0 spiro atoms. The highest BCUT2D eigenvalue weighted by molar-refractivity contribution is 6.09. The summed E-state index contributed by atoms with van der Waals surface area (Å²) in [6, 6.07) is 7.50. The minimum absolute atomic E-state index is 0.0829. The lowest BCUT2D eigenvalue weighted by atomic mass is 10.0.